The van der Waals surface area contributed by atoms with E-state index in [0.29, 0.717) is 24.5 Å². The van der Waals surface area contributed by atoms with E-state index in [-0.39, 0.29) is 21.4 Å². The van der Waals surface area contributed by atoms with Crippen molar-refractivity contribution in [1.29, 1.82) is 0 Å². The molecule has 0 spiro atoms. The summed E-state index contributed by atoms with van der Waals surface area (Å²) >= 11 is 6.24. The summed E-state index contributed by atoms with van der Waals surface area (Å²) in [5, 5.41) is 9.71. The number of aliphatic hydroxyl groups is 1. The fraction of sp³-hybridized carbons (Fsp3) is 0.200. The van der Waals surface area contributed by atoms with Crippen molar-refractivity contribution in [3.63, 3.8) is 0 Å². The van der Waals surface area contributed by atoms with E-state index in [0.717, 1.165) is 5.56 Å². The van der Waals surface area contributed by atoms with Crippen LogP contribution >= 0.6 is 11.6 Å². The summed E-state index contributed by atoms with van der Waals surface area (Å²) in [6, 6.07) is 9.98. The second kappa shape index (κ2) is 7.82. The predicted molar refractivity (Wildman–Crippen MR) is 113 cm³/mol. The number of anilines is 2. The van der Waals surface area contributed by atoms with Crippen molar-refractivity contribution >= 4 is 33.3 Å². The van der Waals surface area contributed by atoms with Crippen LogP contribution in [0, 0.1) is 12.7 Å². The minimum Gasteiger partial charge on any atom is -0.389 e. The number of sulfonamides is 1. The Morgan fingerprint density at radius 1 is 1.20 bits per heavy atom. The Morgan fingerprint density at radius 2 is 1.97 bits per heavy atom. The lowest BCUT2D eigenvalue weighted by atomic mass is 10.0. The number of aryl methyl sites for hydroxylation is 1. The van der Waals surface area contributed by atoms with Crippen LogP contribution in [0.15, 0.2) is 53.6 Å². The highest BCUT2D eigenvalue weighted by Gasteiger charge is 2.27. The van der Waals surface area contributed by atoms with Crippen LogP contribution in [0.3, 0.4) is 0 Å². The number of nitrogens with zero attached hydrogens (tertiary/aromatic N) is 3. The molecule has 1 fully saturated rings. The number of benzene rings is 1. The minimum atomic E-state index is -3.96. The van der Waals surface area contributed by atoms with Gasteiger partial charge in [-0.2, -0.15) is 0 Å². The second-order valence-corrected chi connectivity index (χ2v) is 9.09. The Kier molecular flexibility index (Phi) is 5.35. The smallest absolute Gasteiger partial charge is 0.263 e. The largest absolute Gasteiger partial charge is 0.389 e. The van der Waals surface area contributed by atoms with Crippen molar-refractivity contribution in [1.82, 2.24) is 9.97 Å². The Bertz CT molecular complexity index is 1220. The molecule has 10 heteroatoms. The molecular formula is C20H18ClFN4O3S. The third kappa shape index (κ3) is 4.09. The molecule has 3 heterocycles. The zero-order valence-electron chi connectivity index (χ0n) is 15.9. The molecule has 1 aliphatic heterocycles. The molecular weight excluding hydrogens is 431 g/mol. The fourth-order valence-corrected chi connectivity index (χ4v) is 4.33. The molecule has 2 aromatic heterocycles. The molecule has 0 aliphatic carbocycles. The van der Waals surface area contributed by atoms with Crippen molar-refractivity contribution in [2.24, 2.45) is 0 Å². The number of β-amino-alcohol motifs (C(OH)–C–C–N with tert-alkyl or cyclic N) is 1. The maximum Gasteiger partial charge on any atom is 0.263 e. The van der Waals surface area contributed by atoms with E-state index >= 15 is 0 Å². The molecule has 0 bridgehead atoms. The number of halogens is 2. The molecule has 0 amide bonds. The minimum absolute atomic E-state index is 0.00845. The monoisotopic (exact) mass is 448 g/mol. The Morgan fingerprint density at radius 3 is 2.70 bits per heavy atom. The van der Waals surface area contributed by atoms with E-state index in [1.165, 1.54) is 42.6 Å². The number of pyridine rings is 2. The van der Waals surface area contributed by atoms with Crippen LogP contribution in [-0.2, 0) is 10.0 Å². The first-order valence-corrected chi connectivity index (χ1v) is 10.9. The van der Waals surface area contributed by atoms with E-state index in [1.54, 1.807) is 17.9 Å². The van der Waals surface area contributed by atoms with Gasteiger partial charge in [-0.3, -0.25) is 4.72 Å². The van der Waals surface area contributed by atoms with Gasteiger partial charge < -0.3 is 10.0 Å². The highest BCUT2D eigenvalue weighted by molar-refractivity contribution is 7.92. The quantitative estimate of drug-likeness (QED) is 0.622. The van der Waals surface area contributed by atoms with Gasteiger partial charge >= 0.3 is 0 Å². The Labute approximate surface area is 178 Å². The average molecular weight is 449 g/mol. The van der Waals surface area contributed by atoms with Crippen molar-refractivity contribution in [3.05, 3.63) is 65.1 Å². The van der Waals surface area contributed by atoms with Gasteiger partial charge in [0.15, 0.2) is 0 Å². The molecule has 0 unspecified atom stereocenters. The van der Waals surface area contributed by atoms with Crippen LogP contribution in [0.2, 0.25) is 5.02 Å². The lowest BCUT2D eigenvalue weighted by molar-refractivity contribution is 0.141. The number of hydrogen-bond donors (Lipinski definition) is 2. The zero-order valence-corrected chi connectivity index (χ0v) is 17.5. The number of rotatable bonds is 5. The van der Waals surface area contributed by atoms with E-state index in [4.69, 9.17) is 11.6 Å². The number of nitrogens with one attached hydrogen (secondary N) is 1. The Balaban J connectivity index is 1.64. The maximum absolute atomic E-state index is 13.7. The average Bonchev–Trinajstić information content (AvgIpc) is 2.69. The SMILES string of the molecule is Cc1ccc(F)cc1-c1nc(NS(=O)(=O)c2ccnc(N3CC(O)C3)c2)ccc1Cl. The van der Waals surface area contributed by atoms with Crippen LogP contribution in [0.5, 0.6) is 0 Å². The van der Waals surface area contributed by atoms with Crippen molar-refractivity contribution in [3.8, 4) is 11.3 Å². The summed E-state index contributed by atoms with van der Waals surface area (Å²) < 4.78 is 41.9. The number of aliphatic hydroxyl groups excluding tert-OH is 1. The normalized spacial score (nSPS) is 14.5. The third-order valence-corrected chi connectivity index (χ3v) is 6.41. The first kappa shape index (κ1) is 20.5. The molecule has 1 saturated heterocycles. The van der Waals surface area contributed by atoms with Gasteiger partial charge in [0.1, 0.15) is 17.5 Å². The van der Waals surface area contributed by atoms with Gasteiger partial charge in [-0.25, -0.2) is 22.8 Å². The van der Waals surface area contributed by atoms with E-state index in [1.807, 2.05) is 0 Å². The lowest BCUT2D eigenvalue weighted by Crippen LogP contribution is -2.51. The van der Waals surface area contributed by atoms with Crippen LogP contribution in [0.1, 0.15) is 5.56 Å². The van der Waals surface area contributed by atoms with Gasteiger partial charge in [0, 0.05) is 30.9 Å². The molecule has 30 heavy (non-hydrogen) atoms. The molecule has 1 aliphatic rings. The topological polar surface area (TPSA) is 95.4 Å². The van der Waals surface area contributed by atoms with Gasteiger partial charge in [-0.15, -0.1) is 0 Å². The zero-order chi connectivity index (χ0) is 21.5. The molecule has 7 nitrogen and oxygen atoms in total. The van der Waals surface area contributed by atoms with Gasteiger partial charge in [0.05, 0.1) is 21.7 Å². The van der Waals surface area contributed by atoms with Gasteiger partial charge in [-0.05, 0) is 42.8 Å². The summed E-state index contributed by atoms with van der Waals surface area (Å²) in [5.41, 5.74) is 1.50. The van der Waals surface area contributed by atoms with E-state index < -0.39 is 21.9 Å². The summed E-state index contributed by atoms with van der Waals surface area (Å²) in [6.07, 6.45) is 0.957. The molecule has 0 radical (unpaired) electrons. The highest BCUT2D eigenvalue weighted by atomic mass is 35.5. The maximum atomic E-state index is 13.7. The lowest BCUT2D eigenvalue weighted by Gasteiger charge is -2.36. The highest BCUT2D eigenvalue weighted by Crippen LogP contribution is 2.31. The number of hydrogen-bond acceptors (Lipinski definition) is 6. The molecule has 2 N–H and O–H groups in total. The van der Waals surface area contributed by atoms with Crippen LogP contribution < -0.4 is 9.62 Å². The van der Waals surface area contributed by atoms with E-state index in [9.17, 15) is 17.9 Å². The molecule has 4 rings (SSSR count). The molecule has 3 aromatic rings. The van der Waals surface area contributed by atoms with Gasteiger partial charge in [0.2, 0.25) is 0 Å². The fourth-order valence-electron chi connectivity index (χ4n) is 3.12. The first-order valence-electron chi connectivity index (χ1n) is 9.08. The molecule has 0 saturated carbocycles. The summed E-state index contributed by atoms with van der Waals surface area (Å²) in [5.74, 6) is 0.0685. The van der Waals surface area contributed by atoms with Crippen molar-refractivity contribution in [2.75, 3.05) is 22.7 Å². The van der Waals surface area contributed by atoms with Gasteiger partial charge in [0.25, 0.3) is 10.0 Å². The van der Waals surface area contributed by atoms with Crippen molar-refractivity contribution < 1.29 is 17.9 Å². The molecule has 156 valence electrons. The van der Waals surface area contributed by atoms with Crippen LogP contribution in [-0.4, -0.2) is 42.7 Å². The molecule has 0 atom stereocenters. The Hall–Kier alpha value is -2.75. The first-order chi connectivity index (χ1) is 14.2. The molecule has 1 aromatic carbocycles. The van der Waals surface area contributed by atoms with Gasteiger partial charge in [-0.1, -0.05) is 17.7 Å². The van der Waals surface area contributed by atoms with Crippen LogP contribution in [0.4, 0.5) is 16.0 Å². The summed E-state index contributed by atoms with van der Waals surface area (Å²) in [4.78, 5) is 10.2. The third-order valence-electron chi connectivity index (χ3n) is 4.75. The summed E-state index contributed by atoms with van der Waals surface area (Å²) in [7, 11) is -3.96. The second-order valence-electron chi connectivity index (χ2n) is 7.00. The summed E-state index contributed by atoms with van der Waals surface area (Å²) in [6.45, 7) is 2.59. The van der Waals surface area contributed by atoms with Crippen LogP contribution in [0.25, 0.3) is 11.3 Å². The predicted octanol–water partition coefficient (Wildman–Crippen LogP) is 3.23. The van der Waals surface area contributed by atoms with E-state index in [2.05, 4.69) is 14.7 Å². The standard InChI is InChI=1S/C20H18ClFN4O3S/c1-12-2-3-13(22)8-16(12)20-17(21)4-5-18(24-20)25-30(28,29)15-6-7-23-19(9-15)26-10-14(27)11-26/h2-9,14,27H,10-11H2,1H3,(H,24,25). The van der Waals surface area contributed by atoms with Crippen molar-refractivity contribution in [2.45, 2.75) is 17.9 Å². The number of aromatic nitrogens is 2.